The number of hydrogen-bond donors (Lipinski definition) is 1. The van der Waals surface area contributed by atoms with Gasteiger partial charge in [0.05, 0.1) is 21.5 Å². The average Bonchev–Trinajstić information content (AvgIpc) is 3.11. The second-order valence-electron chi connectivity index (χ2n) is 5.97. The molecule has 30 heavy (non-hydrogen) atoms. The molecule has 0 aliphatic heterocycles. The highest BCUT2D eigenvalue weighted by molar-refractivity contribution is 9.10. The summed E-state index contributed by atoms with van der Waals surface area (Å²) in [4.78, 5) is 12.3. The summed E-state index contributed by atoms with van der Waals surface area (Å²) in [6.07, 6.45) is 0. The largest absolute Gasteiger partial charge is 0.486 e. The van der Waals surface area contributed by atoms with Gasteiger partial charge in [0.1, 0.15) is 18.2 Å². The smallest absolute Gasteiger partial charge is 0.234 e. The number of aromatic nitrogens is 3. The normalized spacial score (nSPS) is 10.8. The third-order valence-corrected chi connectivity index (χ3v) is 5.97. The molecule has 3 aromatic rings. The molecule has 0 fully saturated rings. The van der Waals surface area contributed by atoms with Crippen LogP contribution in [-0.2, 0) is 17.9 Å². The Kier molecular flexibility index (Phi) is 7.99. The van der Waals surface area contributed by atoms with Crippen molar-refractivity contribution in [2.45, 2.75) is 25.2 Å². The molecule has 0 bridgehead atoms. The van der Waals surface area contributed by atoms with Crippen LogP contribution in [0.15, 0.2) is 46.0 Å². The van der Waals surface area contributed by atoms with Gasteiger partial charge in [0.25, 0.3) is 0 Å². The zero-order chi connectivity index (χ0) is 21.7. The molecule has 0 radical (unpaired) electrons. The lowest BCUT2D eigenvalue weighted by Gasteiger charge is -2.10. The summed E-state index contributed by atoms with van der Waals surface area (Å²) in [6.45, 7) is 2.66. The van der Waals surface area contributed by atoms with E-state index in [-0.39, 0.29) is 23.3 Å². The number of anilines is 1. The lowest BCUT2D eigenvalue weighted by Crippen LogP contribution is -2.15. The van der Waals surface area contributed by atoms with Gasteiger partial charge in [-0.15, -0.1) is 10.2 Å². The maximum absolute atomic E-state index is 13.3. The Bertz CT molecular complexity index is 1070. The number of nitrogens with zero attached hydrogens (tertiary/aromatic N) is 3. The highest BCUT2D eigenvalue weighted by Crippen LogP contribution is 2.26. The van der Waals surface area contributed by atoms with Crippen LogP contribution in [0.25, 0.3) is 0 Å². The third-order valence-electron chi connectivity index (χ3n) is 3.91. The predicted octanol–water partition coefficient (Wildman–Crippen LogP) is 5.82. The molecule has 0 atom stereocenters. The van der Waals surface area contributed by atoms with Gasteiger partial charge in [-0.2, -0.15) is 0 Å². The zero-order valence-corrected chi connectivity index (χ0v) is 19.6. The molecule has 1 N–H and O–H groups in total. The van der Waals surface area contributed by atoms with Crippen LogP contribution in [0, 0.1) is 5.82 Å². The number of rotatable bonds is 8. The maximum Gasteiger partial charge on any atom is 0.234 e. The van der Waals surface area contributed by atoms with Crippen LogP contribution in [0.2, 0.25) is 10.0 Å². The molecule has 0 aliphatic carbocycles. The summed E-state index contributed by atoms with van der Waals surface area (Å²) in [6, 6.07) is 9.35. The first-order valence-electron chi connectivity index (χ1n) is 8.75. The van der Waals surface area contributed by atoms with Gasteiger partial charge in [-0.25, -0.2) is 4.39 Å². The molecular formula is C19H16BrCl2FN4O2S. The summed E-state index contributed by atoms with van der Waals surface area (Å²) in [5, 5.41) is 12.1. The molecule has 1 heterocycles. The number of nitrogens with one attached hydrogen (secondary N) is 1. The fourth-order valence-electron chi connectivity index (χ4n) is 2.47. The van der Waals surface area contributed by atoms with Crippen molar-refractivity contribution in [2.24, 2.45) is 0 Å². The van der Waals surface area contributed by atoms with Crippen molar-refractivity contribution in [3.05, 3.63) is 62.6 Å². The van der Waals surface area contributed by atoms with E-state index in [9.17, 15) is 9.18 Å². The summed E-state index contributed by atoms with van der Waals surface area (Å²) >= 11 is 16.5. The SMILES string of the molecule is CCn1c(COc2ccc(F)c(Cl)c2)nnc1SCC(=O)Nc1ccc(Br)cc1Cl. The van der Waals surface area contributed by atoms with Crippen molar-refractivity contribution < 1.29 is 13.9 Å². The molecule has 0 unspecified atom stereocenters. The Labute approximate surface area is 195 Å². The van der Waals surface area contributed by atoms with Gasteiger partial charge in [0.2, 0.25) is 5.91 Å². The first-order chi connectivity index (χ1) is 14.4. The van der Waals surface area contributed by atoms with Crippen LogP contribution in [-0.4, -0.2) is 26.4 Å². The molecule has 6 nitrogen and oxygen atoms in total. The average molecular weight is 534 g/mol. The molecule has 0 spiro atoms. The van der Waals surface area contributed by atoms with Crippen LogP contribution in [0.5, 0.6) is 5.75 Å². The van der Waals surface area contributed by atoms with E-state index in [1.807, 2.05) is 11.5 Å². The minimum absolute atomic E-state index is 0.0161. The van der Waals surface area contributed by atoms with Crippen LogP contribution >= 0.6 is 50.9 Å². The zero-order valence-electron chi connectivity index (χ0n) is 15.7. The van der Waals surface area contributed by atoms with Crippen LogP contribution in [0.3, 0.4) is 0 Å². The number of hydrogen-bond acceptors (Lipinski definition) is 5. The number of halogens is 4. The second kappa shape index (κ2) is 10.5. The van der Waals surface area contributed by atoms with E-state index in [1.165, 1.54) is 30.0 Å². The van der Waals surface area contributed by atoms with Gasteiger partial charge in [0, 0.05) is 17.1 Å². The van der Waals surface area contributed by atoms with E-state index >= 15 is 0 Å². The standard InChI is InChI=1S/C19H16BrCl2FN4O2S/c1-2-27-17(9-29-12-4-5-15(23)13(21)8-12)25-26-19(27)30-10-18(28)24-16-6-3-11(20)7-14(16)22/h3-8H,2,9-10H2,1H3,(H,24,28). The van der Waals surface area contributed by atoms with E-state index < -0.39 is 5.82 Å². The van der Waals surface area contributed by atoms with Gasteiger partial charge in [-0.05, 0) is 37.3 Å². The number of carbonyl (C=O) groups is 1. The van der Waals surface area contributed by atoms with Gasteiger partial charge >= 0.3 is 0 Å². The van der Waals surface area contributed by atoms with E-state index in [1.54, 1.807) is 18.2 Å². The van der Waals surface area contributed by atoms with Crippen molar-refractivity contribution in [3.8, 4) is 5.75 Å². The van der Waals surface area contributed by atoms with Gasteiger partial charge in [-0.3, -0.25) is 4.79 Å². The second-order valence-corrected chi connectivity index (χ2v) is 8.64. The van der Waals surface area contributed by atoms with Gasteiger partial charge < -0.3 is 14.6 Å². The van der Waals surface area contributed by atoms with Crippen molar-refractivity contribution in [1.82, 2.24) is 14.8 Å². The van der Waals surface area contributed by atoms with Crippen molar-refractivity contribution in [2.75, 3.05) is 11.1 Å². The van der Waals surface area contributed by atoms with E-state index in [2.05, 4.69) is 31.4 Å². The highest BCUT2D eigenvalue weighted by atomic mass is 79.9. The Morgan fingerprint density at radius 2 is 2.03 bits per heavy atom. The summed E-state index contributed by atoms with van der Waals surface area (Å²) in [5.41, 5.74) is 0.537. The first kappa shape index (κ1) is 22.9. The van der Waals surface area contributed by atoms with E-state index in [0.29, 0.717) is 34.0 Å². The molecule has 0 aliphatic rings. The van der Waals surface area contributed by atoms with Gasteiger partial charge in [0.15, 0.2) is 11.0 Å². The third kappa shape index (κ3) is 5.87. The Balaban J connectivity index is 1.59. The summed E-state index contributed by atoms with van der Waals surface area (Å²) < 4.78 is 21.6. The van der Waals surface area contributed by atoms with Crippen molar-refractivity contribution >= 4 is 62.5 Å². The minimum atomic E-state index is -0.512. The number of amides is 1. The van der Waals surface area contributed by atoms with Crippen molar-refractivity contribution in [3.63, 3.8) is 0 Å². The summed E-state index contributed by atoms with van der Waals surface area (Å²) in [7, 11) is 0. The molecule has 1 amide bonds. The number of thioether (sulfide) groups is 1. The Morgan fingerprint density at radius 3 is 2.73 bits per heavy atom. The van der Waals surface area contributed by atoms with Crippen LogP contribution in [0.4, 0.5) is 10.1 Å². The predicted molar refractivity (Wildman–Crippen MR) is 120 cm³/mol. The molecule has 0 saturated heterocycles. The molecule has 1 aromatic heterocycles. The van der Waals surface area contributed by atoms with E-state index in [0.717, 1.165) is 4.47 Å². The summed E-state index contributed by atoms with van der Waals surface area (Å²) in [5.74, 6) is 0.415. The lowest BCUT2D eigenvalue weighted by molar-refractivity contribution is -0.113. The Hall–Kier alpha value is -1.81. The number of ether oxygens (including phenoxy) is 1. The highest BCUT2D eigenvalue weighted by Gasteiger charge is 2.15. The topological polar surface area (TPSA) is 69.0 Å². The van der Waals surface area contributed by atoms with E-state index in [4.69, 9.17) is 27.9 Å². The van der Waals surface area contributed by atoms with Crippen molar-refractivity contribution in [1.29, 1.82) is 0 Å². The molecular weight excluding hydrogens is 518 g/mol. The number of carbonyl (C=O) groups excluding carboxylic acids is 1. The lowest BCUT2D eigenvalue weighted by atomic mass is 10.3. The molecule has 2 aromatic carbocycles. The molecule has 0 saturated carbocycles. The molecule has 158 valence electrons. The monoisotopic (exact) mass is 532 g/mol. The number of benzene rings is 2. The fourth-order valence-corrected chi connectivity index (χ4v) is 4.18. The first-order valence-corrected chi connectivity index (χ1v) is 11.3. The Morgan fingerprint density at radius 1 is 1.23 bits per heavy atom. The molecule has 3 rings (SSSR count). The molecule has 11 heteroatoms. The fraction of sp³-hybridized carbons (Fsp3) is 0.211. The van der Waals surface area contributed by atoms with Crippen LogP contribution in [0.1, 0.15) is 12.7 Å². The van der Waals surface area contributed by atoms with Gasteiger partial charge in [-0.1, -0.05) is 50.9 Å². The quantitative estimate of drug-likeness (QED) is 0.370. The van der Waals surface area contributed by atoms with Crippen LogP contribution < -0.4 is 10.1 Å². The maximum atomic E-state index is 13.3. The minimum Gasteiger partial charge on any atom is -0.486 e.